The SMILES string of the molecule is CC1CN(C(=O)OC(C)(C)C)CCN1C(=O)c1cccc(OCCC2CCCCC2)c1. The molecule has 1 aromatic rings. The summed E-state index contributed by atoms with van der Waals surface area (Å²) in [7, 11) is 0. The Morgan fingerprint density at radius 3 is 2.52 bits per heavy atom. The number of carbonyl (C=O) groups excluding carboxylic acids is 2. The van der Waals surface area contributed by atoms with Gasteiger partial charge in [0, 0.05) is 31.2 Å². The highest BCUT2D eigenvalue weighted by Gasteiger charge is 2.32. The van der Waals surface area contributed by atoms with Gasteiger partial charge in [-0.15, -0.1) is 0 Å². The Bertz CT molecular complexity index is 752. The van der Waals surface area contributed by atoms with Crippen LogP contribution >= 0.6 is 0 Å². The van der Waals surface area contributed by atoms with Gasteiger partial charge < -0.3 is 19.3 Å². The van der Waals surface area contributed by atoms with Gasteiger partial charge in [-0.2, -0.15) is 0 Å². The van der Waals surface area contributed by atoms with Crippen LogP contribution in [0.1, 0.15) is 76.6 Å². The van der Waals surface area contributed by atoms with Crippen molar-refractivity contribution in [1.29, 1.82) is 0 Å². The molecule has 0 radical (unpaired) electrons. The minimum Gasteiger partial charge on any atom is -0.494 e. The van der Waals surface area contributed by atoms with Crippen LogP contribution in [0.5, 0.6) is 5.75 Å². The summed E-state index contributed by atoms with van der Waals surface area (Å²) in [6, 6.07) is 7.40. The van der Waals surface area contributed by atoms with Crippen LogP contribution in [0, 0.1) is 5.92 Å². The van der Waals surface area contributed by atoms with Crippen LogP contribution < -0.4 is 4.74 Å². The van der Waals surface area contributed by atoms with Crippen molar-refractivity contribution in [2.75, 3.05) is 26.2 Å². The highest BCUT2D eigenvalue weighted by molar-refractivity contribution is 5.95. The van der Waals surface area contributed by atoms with E-state index in [1.54, 1.807) is 4.90 Å². The van der Waals surface area contributed by atoms with Gasteiger partial charge in [-0.3, -0.25) is 4.79 Å². The fourth-order valence-corrected chi connectivity index (χ4v) is 4.46. The highest BCUT2D eigenvalue weighted by Crippen LogP contribution is 2.27. The number of benzene rings is 1. The molecule has 1 aromatic carbocycles. The summed E-state index contributed by atoms with van der Waals surface area (Å²) >= 11 is 0. The van der Waals surface area contributed by atoms with Crippen molar-refractivity contribution in [3.8, 4) is 5.75 Å². The first kappa shape index (κ1) is 23.4. The Balaban J connectivity index is 1.52. The summed E-state index contributed by atoms with van der Waals surface area (Å²) in [4.78, 5) is 29.0. The first-order valence-corrected chi connectivity index (χ1v) is 11.7. The lowest BCUT2D eigenvalue weighted by Crippen LogP contribution is -2.56. The Hall–Kier alpha value is -2.24. The van der Waals surface area contributed by atoms with E-state index >= 15 is 0 Å². The van der Waals surface area contributed by atoms with Gasteiger partial charge in [0.15, 0.2) is 0 Å². The summed E-state index contributed by atoms with van der Waals surface area (Å²) in [6.45, 7) is 9.69. The largest absolute Gasteiger partial charge is 0.494 e. The fraction of sp³-hybridized carbons (Fsp3) is 0.680. The van der Waals surface area contributed by atoms with E-state index in [4.69, 9.17) is 9.47 Å². The monoisotopic (exact) mass is 430 g/mol. The van der Waals surface area contributed by atoms with Crippen LogP contribution in [0.15, 0.2) is 24.3 Å². The molecule has 1 unspecified atom stereocenters. The van der Waals surface area contributed by atoms with Gasteiger partial charge in [0.2, 0.25) is 0 Å². The van der Waals surface area contributed by atoms with E-state index in [9.17, 15) is 9.59 Å². The number of amides is 2. The molecule has 1 aliphatic heterocycles. The predicted octanol–water partition coefficient (Wildman–Crippen LogP) is 5.12. The molecule has 0 N–H and O–H groups in total. The number of hydrogen-bond acceptors (Lipinski definition) is 4. The van der Waals surface area contributed by atoms with E-state index in [1.807, 2.05) is 56.9 Å². The van der Waals surface area contributed by atoms with E-state index < -0.39 is 5.60 Å². The maximum Gasteiger partial charge on any atom is 0.410 e. The van der Waals surface area contributed by atoms with Crippen LogP contribution in [-0.4, -0.2) is 59.7 Å². The topological polar surface area (TPSA) is 59.1 Å². The maximum atomic E-state index is 13.1. The molecule has 2 amide bonds. The zero-order valence-electron chi connectivity index (χ0n) is 19.6. The van der Waals surface area contributed by atoms with Crippen molar-refractivity contribution in [1.82, 2.24) is 9.80 Å². The Morgan fingerprint density at radius 2 is 1.84 bits per heavy atom. The van der Waals surface area contributed by atoms with E-state index in [1.165, 1.54) is 32.1 Å². The van der Waals surface area contributed by atoms with Gasteiger partial charge in [-0.1, -0.05) is 38.2 Å². The molecule has 1 atom stereocenters. The summed E-state index contributed by atoms with van der Waals surface area (Å²) in [6.07, 6.45) is 7.44. The average Bonchev–Trinajstić information content (AvgIpc) is 2.73. The summed E-state index contributed by atoms with van der Waals surface area (Å²) in [5, 5.41) is 0. The smallest absolute Gasteiger partial charge is 0.410 e. The molecular weight excluding hydrogens is 392 g/mol. The number of piperazine rings is 1. The number of carbonyl (C=O) groups is 2. The first-order chi connectivity index (χ1) is 14.7. The third kappa shape index (κ3) is 6.88. The summed E-state index contributed by atoms with van der Waals surface area (Å²) in [5.41, 5.74) is 0.109. The molecule has 172 valence electrons. The lowest BCUT2D eigenvalue weighted by Gasteiger charge is -2.40. The minimum absolute atomic E-state index is 0.0194. The van der Waals surface area contributed by atoms with Crippen molar-refractivity contribution in [2.45, 2.75) is 77.9 Å². The second-order valence-corrected chi connectivity index (χ2v) is 9.94. The van der Waals surface area contributed by atoms with E-state index in [0.717, 1.165) is 18.1 Å². The van der Waals surface area contributed by atoms with Crippen molar-refractivity contribution < 1.29 is 19.1 Å². The normalized spacial score (nSPS) is 20.5. The van der Waals surface area contributed by atoms with Crippen LogP contribution in [0.4, 0.5) is 4.79 Å². The average molecular weight is 431 g/mol. The lowest BCUT2D eigenvalue weighted by molar-refractivity contribution is 0.00617. The Kier molecular flexibility index (Phi) is 7.84. The van der Waals surface area contributed by atoms with Crippen molar-refractivity contribution in [3.05, 3.63) is 29.8 Å². The third-order valence-electron chi connectivity index (χ3n) is 6.14. The number of rotatable bonds is 5. The molecule has 6 heteroatoms. The molecule has 2 aliphatic rings. The molecule has 1 heterocycles. The van der Waals surface area contributed by atoms with E-state index in [-0.39, 0.29) is 18.0 Å². The maximum absolute atomic E-state index is 13.1. The lowest BCUT2D eigenvalue weighted by atomic mass is 9.87. The Morgan fingerprint density at radius 1 is 1.10 bits per heavy atom. The standard InChI is InChI=1S/C25H38N2O4/c1-19-18-26(24(29)31-25(2,3)4)14-15-27(19)23(28)21-11-8-12-22(17-21)30-16-13-20-9-6-5-7-10-20/h8,11-12,17,19-20H,5-7,9-10,13-16,18H2,1-4H3. The van der Waals surface area contributed by atoms with Gasteiger partial charge in [-0.05, 0) is 58.2 Å². The molecule has 31 heavy (non-hydrogen) atoms. The highest BCUT2D eigenvalue weighted by atomic mass is 16.6. The molecule has 6 nitrogen and oxygen atoms in total. The zero-order chi connectivity index (χ0) is 22.4. The number of ether oxygens (including phenoxy) is 2. The van der Waals surface area contributed by atoms with Gasteiger partial charge >= 0.3 is 6.09 Å². The van der Waals surface area contributed by atoms with Gasteiger partial charge in [0.05, 0.1) is 6.61 Å². The number of nitrogens with zero attached hydrogens (tertiary/aromatic N) is 2. The molecule has 2 fully saturated rings. The van der Waals surface area contributed by atoms with Crippen molar-refractivity contribution in [3.63, 3.8) is 0 Å². The molecule has 0 spiro atoms. The zero-order valence-corrected chi connectivity index (χ0v) is 19.6. The summed E-state index contributed by atoms with van der Waals surface area (Å²) < 4.78 is 11.4. The first-order valence-electron chi connectivity index (χ1n) is 11.7. The van der Waals surface area contributed by atoms with Gasteiger partial charge in [0.25, 0.3) is 5.91 Å². The van der Waals surface area contributed by atoms with Gasteiger partial charge in [-0.25, -0.2) is 4.79 Å². The quantitative estimate of drug-likeness (QED) is 0.651. The van der Waals surface area contributed by atoms with Crippen molar-refractivity contribution >= 4 is 12.0 Å². The predicted molar refractivity (Wildman–Crippen MR) is 121 cm³/mol. The van der Waals surface area contributed by atoms with E-state index in [0.29, 0.717) is 31.8 Å². The molecule has 1 aliphatic carbocycles. The molecule has 0 aromatic heterocycles. The third-order valence-corrected chi connectivity index (χ3v) is 6.14. The summed E-state index contributed by atoms with van der Waals surface area (Å²) in [5.74, 6) is 1.51. The molecule has 0 bridgehead atoms. The molecule has 1 saturated carbocycles. The van der Waals surface area contributed by atoms with Crippen LogP contribution in [-0.2, 0) is 4.74 Å². The minimum atomic E-state index is -0.523. The molecule has 1 saturated heterocycles. The second-order valence-electron chi connectivity index (χ2n) is 9.94. The second kappa shape index (κ2) is 10.4. The fourth-order valence-electron chi connectivity index (χ4n) is 4.46. The molecular formula is C25H38N2O4. The van der Waals surface area contributed by atoms with Crippen LogP contribution in [0.25, 0.3) is 0 Å². The van der Waals surface area contributed by atoms with E-state index in [2.05, 4.69) is 0 Å². The van der Waals surface area contributed by atoms with Crippen LogP contribution in [0.3, 0.4) is 0 Å². The van der Waals surface area contributed by atoms with Gasteiger partial charge in [0.1, 0.15) is 11.4 Å². The number of hydrogen-bond donors (Lipinski definition) is 0. The Labute approximate surface area is 186 Å². The van der Waals surface area contributed by atoms with Crippen molar-refractivity contribution in [2.24, 2.45) is 5.92 Å². The van der Waals surface area contributed by atoms with Crippen LogP contribution in [0.2, 0.25) is 0 Å². The molecule has 3 rings (SSSR count).